The zero-order chi connectivity index (χ0) is 25.9. The van der Waals surface area contributed by atoms with Crippen LogP contribution in [-0.4, -0.2) is 41.5 Å². The summed E-state index contributed by atoms with van der Waals surface area (Å²) < 4.78 is 10.2. The molecule has 0 radical (unpaired) electrons. The monoisotopic (exact) mass is 517 g/mol. The Hall–Kier alpha value is -3.98. The maximum Gasteiger partial charge on any atom is 0.341 e. The van der Waals surface area contributed by atoms with Gasteiger partial charge in [-0.1, -0.05) is 36.2 Å². The van der Waals surface area contributed by atoms with Crippen molar-refractivity contribution in [3.05, 3.63) is 69.6 Å². The largest absolute Gasteiger partial charge is 0.465 e. The number of aryl methyl sites for hydroxylation is 2. The highest BCUT2D eigenvalue weighted by Gasteiger charge is 2.26. The molecule has 0 fully saturated rings. The quantitative estimate of drug-likeness (QED) is 0.260. The number of esters is 2. The number of H-pyrrole nitrogens is 1. The van der Waals surface area contributed by atoms with Crippen LogP contribution in [0.15, 0.2) is 42.5 Å². The maximum atomic E-state index is 12.7. The molecule has 1 amide bonds. The Morgan fingerprint density at radius 2 is 1.81 bits per heavy atom. The predicted molar refractivity (Wildman–Crippen MR) is 142 cm³/mol. The van der Waals surface area contributed by atoms with Gasteiger partial charge in [0.2, 0.25) is 0 Å². The first kappa shape index (κ1) is 24.7. The van der Waals surface area contributed by atoms with Crippen LogP contribution < -0.4 is 5.32 Å². The fourth-order valence-electron chi connectivity index (χ4n) is 4.51. The van der Waals surface area contributed by atoms with Gasteiger partial charge >= 0.3 is 11.9 Å². The number of nitrogens with one attached hydrogen (secondary N) is 2. The van der Waals surface area contributed by atoms with E-state index >= 15 is 0 Å². The average molecular weight is 518 g/mol. The van der Waals surface area contributed by atoms with Gasteiger partial charge in [0.15, 0.2) is 6.61 Å². The number of rotatable bonds is 6. The number of carbonyl (C=O) groups is 3. The molecule has 2 N–H and O–H groups in total. The summed E-state index contributed by atoms with van der Waals surface area (Å²) in [6.07, 6.45) is 4.80. The summed E-state index contributed by atoms with van der Waals surface area (Å²) in [4.78, 5) is 46.7. The highest BCUT2D eigenvalue weighted by molar-refractivity contribution is 7.17. The van der Waals surface area contributed by atoms with Crippen molar-refractivity contribution in [3.8, 4) is 11.4 Å². The molecule has 0 aliphatic heterocycles. The first-order chi connectivity index (χ1) is 17.9. The number of imidazole rings is 1. The van der Waals surface area contributed by atoms with Gasteiger partial charge in [0.1, 0.15) is 10.8 Å². The molecule has 0 atom stereocenters. The van der Waals surface area contributed by atoms with Crippen LogP contribution in [0, 0.1) is 6.92 Å². The third kappa shape index (κ3) is 5.27. The number of carbonyl (C=O) groups excluding carboxylic acids is 3. The molecule has 0 bridgehead atoms. The number of aromatic amines is 1. The van der Waals surface area contributed by atoms with Crippen LogP contribution in [0.2, 0.25) is 0 Å². The predicted octanol–water partition coefficient (Wildman–Crippen LogP) is 5.45. The lowest BCUT2D eigenvalue weighted by Crippen LogP contribution is -2.21. The molecule has 0 saturated heterocycles. The SMILES string of the molecule is COC(=O)c1c(NC(=O)COC(=O)c2ccc3nc(-c4ccc(C)cc4)[nH]c3c2)sc2c1CCCCC2. The third-order valence-corrected chi connectivity index (χ3v) is 7.65. The van der Waals surface area contributed by atoms with Gasteiger partial charge in [-0.15, -0.1) is 11.3 Å². The van der Waals surface area contributed by atoms with Crippen molar-refractivity contribution in [2.75, 3.05) is 19.0 Å². The number of anilines is 1. The van der Waals surface area contributed by atoms with E-state index in [4.69, 9.17) is 9.47 Å². The number of fused-ring (bicyclic) bond motifs is 2. The Bertz CT molecular complexity index is 1490. The summed E-state index contributed by atoms with van der Waals surface area (Å²) in [5.74, 6) is -0.905. The molecule has 2 aromatic carbocycles. The van der Waals surface area contributed by atoms with Gasteiger partial charge in [0.05, 0.1) is 29.3 Å². The molecule has 2 aromatic heterocycles. The number of ether oxygens (including phenoxy) is 2. The fourth-order valence-corrected chi connectivity index (χ4v) is 5.80. The molecule has 2 heterocycles. The lowest BCUT2D eigenvalue weighted by Gasteiger charge is -2.08. The van der Waals surface area contributed by atoms with Crippen LogP contribution in [0.3, 0.4) is 0 Å². The Kier molecular flexibility index (Phi) is 7.05. The zero-order valence-electron chi connectivity index (χ0n) is 20.7. The van der Waals surface area contributed by atoms with Crippen molar-refractivity contribution in [3.63, 3.8) is 0 Å². The first-order valence-electron chi connectivity index (χ1n) is 12.2. The van der Waals surface area contributed by atoms with Crippen molar-refractivity contribution in [2.24, 2.45) is 0 Å². The minimum absolute atomic E-state index is 0.303. The molecule has 1 aliphatic carbocycles. The summed E-state index contributed by atoms with van der Waals surface area (Å²) in [6.45, 7) is 1.55. The third-order valence-electron chi connectivity index (χ3n) is 6.44. The average Bonchev–Trinajstić information content (AvgIpc) is 3.40. The Labute approximate surface area is 218 Å². The van der Waals surface area contributed by atoms with Crippen LogP contribution in [0.1, 0.15) is 56.0 Å². The van der Waals surface area contributed by atoms with E-state index in [0.717, 1.165) is 59.2 Å². The van der Waals surface area contributed by atoms with Gasteiger partial charge < -0.3 is 19.8 Å². The molecule has 0 spiro atoms. The summed E-state index contributed by atoms with van der Waals surface area (Å²) in [5, 5.41) is 3.20. The number of methoxy groups -OCH3 is 1. The van der Waals surface area contributed by atoms with Gasteiger partial charge in [0.25, 0.3) is 5.91 Å². The second kappa shape index (κ2) is 10.6. The van der Waals surface area contributed by atoms with E-state index in [2.05, 4.69) is 15.3 Å². The molecule has 0 unspecified atom stereocenters. The molecule has 37 heavy (non-hydrogen) atoms. The molecule has 0 saturated carbocycles. The topological polar surface area (TPSA) is 110 Å². The molecule has 4 aromatic rings. The van der Waals surface area contributed by atoms with Gasteiger partial charge in [-0.05, 0) is 56.4 Å². The van der Waals surface area contributed by atoms with Gasteiger partial charge in [-0.2, -0.15) is 0 Å². The van der Waals surface area contributed by atoms with Crippen molar-refractivity contribution in [1.29, 1.82) is 0 Å². The summed E-state index contributed by atoms with van der Waals surface area (Å²) in [6, 6.07) is 13.0. The summed E-state index contributed by atoms with van der Waals surface area (Å²) >= 11 is 1.40. The van der Waals surface area contributed by atoms with E-state index in [0.29, 0.717) is 27.5 Å². The maximum absolute atomic E-state index is 12.7. The Balaban J connectivity index is 1.26. The lowest BCUT2D eigenvalue weighted by atomic mass is 10.1. The van der Waals surface area contributed by atoms with Crippen molar-refractivity contribution in [1.82, 2.24) is 9.97 Å². The second-order valence-electron chi connectivity index (χ2n) is 9.07. The number of hydrogen-bond donors (Lipinski definition) is 2. The van der Waals surface area contributed by atoms with E-state index in [1.54, 1.807) is 18.2 Å². The van der Waals surface area contributed by atoms with E-state index < -0.39 is 24.5 Å². The van der Waals surface area contributed by atoms with Gasteiger partial charge in [-0.25, -0.2) is 14.6 Å². The highest BCUT2D eigenvalue weighted by atomic mass is 32.1. The minimum Gasteiger partial charge on any atom is -0.465 e. The number of amides is 1. The van der Waals surface area contributed by atoms with Crippen LogP contribution in [0.5, 0.6) is 0 Å². The van der Waals surface area contributed by atoms with Crippen LogP contribution >= 0.6 is 11.3 Å². The minimum atomic E-state index is -0.626. The van der Waals surface area contributed by atoms with E-state index in [1.807, 2.05) is 31.2 Å². The van der Waals surface area contributed by atoms with Gasteiger partial charge in [0, 0.05) is 10.4 Å². The molecule has 8 nitrogen and oxygen atoms in total. The number of benzene rings is 2. The Morgan fingerprint density at radius 1 is 1.03 bits per heavy atom. The molecule has 9 heteroatoms. The zero-order valence-corrected chi connectivity index (χ0v) is 21.5. The van der Waals surface area contributed by atoms with Crippen molar-refractivity contribution >= 4 is 45.2 Å². The Morgan fingerprint density at radius 3 is 2.59 bits per heavy atom. The van der Waals surface area contributed by atoms with Crippen molar-refractivity contribution in [2.45, 2.75) is 39.0 Å². The summed E-state index contributed by atoms with van der Waals surface area (Å²) in [7, 11) is 1.33. The van der Waals surface area contributed by atoms with Crippen LogP contribution in [-0.2, 0) is 27.1 Å². The van der Waals surface area contributed by atoms with Crippen molar-refractivity contribution < 1.29 is 23.9 Å². The van der Waals surface area contributed by atoms with E-state index in [1.165, 1.54) is 18.4 Å². The van der Waals surface area contributed by atoms with Crippen LogP contribution in [0.4, 0.5) is 5.00 Å². The molecular weight excluding hydrogens is 490 g/mol. The fraction of sp³-hybridized carbons (Fsp3) is 0.286. The smallest absolute Gasteiger partial charge is 0.341 e. The number of hydrogen-bond acceptors (Lipinski definition) is 7. The first-order valence-corrected chi connectivity index (χ1v) is 13.0. The molecule has 5 rings (SSSR count). The molecular formula is C28H27N3O5S. The standard InChI is InChI=1S/C28H27N3O5S/c1-16-8-10-17(11-9-16)25-29-20-13-12-18(14-21(20)30-25)27(33)36-15-23(32)31-26-24(28(34)35-2)19-6-4-3-5-7-22(19)37-26/h8-14H,3-7,15H2,1-2H3,(H,29,30)(H,31,32). The molecule has 190 valence electrons. The van der Waals surface area contributed by atoms with Gasteiger partial charge in [-0.3, -0.25) is 4.79 Å². The number of thiophene rings is 1. The molecule has 1 aliphatic rings. The normalized spacial score (nSPS) is 13.0. The lowest BCUT2D eigenvalue weighted by molar-refractivity contribution is -0.119. The van der Waals surface area contributed by atoms with E-state index in [-0.39, 0.29) is 0 Å². The summed E-state index contributed by atoms with van der Waals surface area (Å²) in [5.41, 5.74) is 5.19. The second-order valence-corrected chi connectivity index (χ2v) is 10.2. The highest BCUT2D eigenvalue weighted by Crippen LogP contribution is 2.38. The van der Waals surface area contributed by atoms with Crippen LogP contribution in [0.25, 0.3) is 22.4 Å². The number of nitrogens with zero attached hydrogens (tertiary/aromatic N) is 1. The van der Waals surface area contributed by atoms with E-state index in [9.17, 15) is 14.4 Å². The number of aromatic nitrogens is 2.